The summed E-state index contributed by atoms with van der Waals surface area (Å²) in [6, 6.07) is 57.3. The highest BCUT2D eigenvalue weighted by Crippen LogP contribution is 2.31. The van der Waals surface area contributed by atoms with Crippen molar-refractivity contribution in [3.63, 3.8) is 0 Å². The quantitative estimate of drug-likeness (QED) is 0.0876. The second kappa shape index (κ2) is 13.4. The lowest BCUT2D eigenvalue weighted by Crippen LogP contribution is -2.57. The lowest BCUT2D eigenvalue weighted by Gasteiger charge is -2.34. The Hall–Kier alpha value is -5.33. The van der Waals surface area contributed by atoms with E-state index >= 15 is 0 Å². The average Bonchev–Trinajstić information content (AvgIpc) is 3.15. The van der Waals surface area contributed by atoms with E-state index in [1.54, 1.807) is 0 Å². The fraction of sp³-hybridized carbons (Fsp3) is 0.0833. The van der Waals surface area contributed by atoms with Crippen LogP contribution in [0.2, 0.25) is 26.2 Å². The lowest BCUT2D eigenvalue weighted by molar-refractivity contribution is 0.573. The van der Waals surface area contributed by atoms with Crippen LogP contribution in [0.3, 0.4) is 0 Å². The summed E-state index contributed by atoms with van der Waals surface area (Å²) in [6.45, 7) is 9.34. The Kier molecular flexibility index (Phi) is 8.65. The average molecular weight is 691 g/mol. The zero-order valence-corrected chi connectivity index (χ0v) is 31.7. The molecule has 0 amide bonds. The van der Waals surface area contributed by atoms with Crippen LogP contribution in [-0.4, -0.2) is 16.6 Å². The molecule has 8 rings (SSSR count). The van der Waals surface area contributed by atoms with Gasteiger partial charge < -0.3 is 4.12 Å². The first-order valence-electron chi connectivity index (χ1n) is 17.8. The third-order valence-corrected chi connectivity index (χ3v) is 17.8. The minimum Gasteiger partial charge on any atom is -0.449 e. The van der Waals surface area contributed by atoms with Gasteiger partial charge in [0.25, 0.3) is 0 Å². The molecule has 0 aliphatic heterocycles. The Labute approximate surface area is 303 Å². The highest BCUT2D eigenvalue weighted by Gasteiger charge is 2.35. The predicted molar refractivity (Wildman–Crippen MR) is 229 cm³/mol. The van der Waals surface area contributed by atoms with Gasteiger partial charge in [-0.25, -0.2) is 0 Å². The van der Waals surface area contributed by atoms with Gasteiger partial charge in [-0.1, -0.05) is 170 Å². The molecular formula is C48H42OSi2. The minimum atomic E-state index is -2.18. The summed E-state index contributed by atoms with van der Waals surface area (Å²) in [5.41, 5.74) is 4.92. The first kappa shape index (κ1) is 32.9. The van der Waals surface area contributed by atoms with Gasteiger partial charge in [-0.2, -0.15) is 0 Å². The molecule has 0 aliphatic rings. The van der Waals surface area contributed by atoms with Crippen molar-refractivity contribution in [1.29, 1.82) is 0 Å². The van der Waals surface area contributed by atoms with Crippen LogP contribution in [0.1, 0.15) is 22.3 Å². The molecule has 8 aromatic rings. The van der Waals surface area contributed by atoms with Crippen LogP contribution in [0.25, 0.3) is 67.4 Å². The van der Waals surface area contributed by atoms with Crippen LogP contribution in [0.4, 0.5) is 0 Å². The fourth-order valence-corrected chi connectivity index (χ4v) is 15.5. The summed E-state index contributed by atoms with van der Waals surface area (Å²) < 4.78 is 7.17. The minimum absolute atomic E-state index is 1.19. The predicted octanol–water partition coefficient (Wildman–Crippen LogP) is 12.2. The molecule has 0 N–H and O–H groups in total. The molecule has 1 nitrogen and oxygen atoms in total. The second-order valence-electron chi connectivity index (χ2n) is 14.5. The highest BCUT2D eigenvalue weighted by molar-refractivity contribution is 6.96. The van der Waals surface area contributed by atoms with E-state index in [9.17, 15) is 0 Å². The summed E-state index contributed by atoms with van der Waals surface area (Å²) >= 11 is 0. The van der Waals surface area contributed by atoms with Gasteiger partial charge in [-0.15, -0.1) is 0 Å². The number of hydrogen-bond acceptors (Lipinski definition) is 1. The highest BCUT2D eigenvalue weighted by atomic mass is 28.4. The molecular weight excluding hydrogens is 649 g/mol. The molecule has 0 radical (unpaired) electrons. The third kappa shape index (κ3) is 6.64. The summed E-state index contributed by atoms with van der Waals surface area (Å²) in [7, 11) is -4.36. The van der Waals surface area contributed by atoms with Gasteiger partial charge in [0.15, 0.2) is 0 Å². The molecule has 3 heteroatoms. The molecule has 51 heavy (non-hydrogen) atoms. The maximum atomic E-state index is 7.17. The zero-order chi connectivity index (χ0) is 35.0. The van der Waals surface area contributed by atoms with Crippen molar-refractivity contribution in [1.82, 2.24) is 0 Å². The van der Waals surface area contributed by atoms with E-state index < -0.39 is 16.6 Å². The van der Waals surface area contributed by atoms with Gasteiger partial charge in [-0.3, -0.25) is 0 Å². The van der Waals surface area contributed by atoms with E-state index in [0.29, 0.717) is 0 Å². The van der Waals surface area contributed by atoms with Crippen molar-refractivity contribution in [2.24, 2.45) is 0 Å². The van der Waals surface area contributed by atoms with Crippen LogP contribution < -0.4 is 10.4 Å². The van der Waals surface area contributed by atoms with Crippen molar-refractivity contribution in [3.8, 4) is 0 Å². The Bertz CT molecular complexity index is 2300. The third-order valence-electron chi connectivity index (χ3n) is 10.2. The van der Waals surface area contributed by atoms with Gasteiger partial charge in [0.1, 0.15) is 0 Å². The van der Waals surface area contributed by atoms with Crippen molar-refractivity contribution in [2.75, 3.05) is 0 Å². The molecule has 0 saturated heterocycles. The van der Waals surface area contributed by atoms with Crippen molar-refractivity contribution in [3.05, 3.63) is 180 Å². The molecule has 0 aromatic heterocycles. The molecule has 0 atom stereocenters. The summed E-state index contributed by atoms with van der Waals surface area (Å²) in [4.78, 5) is 0. The molecule has 0 aliphatic carbocycles. The number of benzene rings is 8. The molecule has 0 bridgehead atoms. The van der Waals surface area contributed by atoms with E-state index in [4.69, 9.17) is 4.12 Å². The molecule has 0 saturated carbocycles. The molecule has 248 valence electrons. The first-order valence-corrected chi connectivity index (χ1v) is 23.7. The summed E-state index contributed by atoms with van der Waals surface area (Å²) in [5, 5.41) is 12.8. The van der Waals surface area contributed by atoms with E-state index in [1.165, 1.54) is 75.7 Å². The van der Waals surface area contributed by atoms with Crippen LogP contribution >= 0.6 is 0 Å². The summed E-state index contributed by atoms with van der Waals surface area (Å²) in [5.74, 6) is 0. The monoisotopic (exact) mass is 690 g/mol. The maximum Gasteiger partial charge on any atom is 0.206 e. The van der Waals surface area contributed by atoms with Crippen LogP contribution in [0.15, 0.2) is 158 Å². The molecule has 0 fully saturated rings. The Morgan fingerprint density at radius 2 is 0.647 bits per heavy atom. The Balaban J connectivity index is 0.997. The first-order chi connectivity index (χ1) is 24.7. The fourth-order valence-electron chi connectivity index (χ4n) is 7.56. The van der Waals surface area contributed by atoms with E-state index in [0.717, 1.165) is 0 Å². The SMILES string of the molecule is C[Si](C)(O[Si](C)(C)c1ccc(C=Cc2c3ccccc3cc3ccccc23)cc1)c1ccc(C=Cc2c3ccccc3cc3ccccc23)cc1. The smallest absolute Gasteiger partial charge is 0.206 e. The standard InChI is InChI=1S/C48H42OSi2/c1-50(2,41-27-21-35(22-28-41)25-31-47-43-17-9-5-13-37(43)33-38-14-6-10-18-44(38)47)49-51(3,4)42-29-23-36(24-30-42)26-32-48-45-19-11-7-15-39(45)34-40-16-8-12-20-46(40)48/h5-34H,1-4H3. The van der Waals surface area contributed by atoms with Crippen LogP contribution in [0.5, 0.6) is 0 Å². The van der Waals surface area contributed by atoms with Gasteiger partial charge in [0.2, 0.25) is 16.6 Å². The zero-order valence-electron chi connectivity index (χ0n) is 29.7. The van der Waals surface area contributed by atoms with Crippen LogP contribution in [0, 0.1) is 0 Å². The lowest BCUT2D eigenvalue weighted by atomic mass is 9.96. The van der Waals surface area contributed by atoms with Gasteiger partial charge in [-0.05, 0) is 114 Å². The number of hydrogen-bond donors (Lipinski definition) is 0. The maximum absolute atomic E-state index is 7.17. The van der Waals surface area contributed by atoms with E-state index in [2.05, 4.69) is 208 Å². The largest absolute Gasteiger partial charge is 0.449 e. The molecule has 0 heterocycles. The van der Waals surface area contributed by atoms with Gasteiger partial charge in [0, 0.05) is 0 Å². The normalized spacial score (nSPS) is 12.6. The van der Waals surface area contributed by atoms with Crippen molar-refractivity contribution >= 4 is 94.4 Å². The molecule has 0 unspecified atom stereocenters. The molecule has 0 spiro atoms. The van der Waals surface area contributed by atoms with Crippen molar-refractivity contribution < 1.29 is 4.12 Å². The van der Waals surface area contributed by atoms with Gasteiger partial charge in [0.05, 0.1) is 0 Å². The molecule has 8 aromatic carbocycles. The summed E-state index contributed by atoms with van der Waals surface area (Å²) in [6.07, 6.45) is 9.03. The Morgan fingerprint density at radius 3 is 0.961 bits per heavy atom. The van der Waals surface area contributed by atoms with Crippen molar-refractivity contribution in [2.45, 2.75) is 26.2 Å². The van der Waals surface area contributed by atoms with Gasteiger partial charge >= 0.3 is 0 Å². The van der Waals surface area contributed by atoms with E-state index in [-0.39, 0.29) is 0 Å². The number of fused-ring (bicyclic) bond motifs is 4. The van der Waals surface area contributed by atoms with Crippen LogP contribution in [-0.2, 0) is 4.12 Å². The topological polar surface area (TPSA) is 9.23 Å². The number of rotatable bonds is 8. The Morgan fingerprint density at radius 1 is 0.353 bits per heavy atom. The second-order valence-corrected chi connectivity index (χ2v) is 22.5. The van der Waals surface area contributed by atoms with E-state index in [1.807, 2.05) is 0 Å².